The third-order valence-corrected chi connectivity index (χ3v) is 2.76. The van der Waals surface area contributed by atoms with Crippen LogP contribution in [0.5, 0.6) is 0 Å². The van der Waals surface area contributed by atoms with Crippen molar-refractivity contribution in [1.82, 2.24) is 9.88 Å². The Hall–Kier alpha value is -1.76. The van der Waals surface area contributed by atoms with Crippen molar-refractivity contribution in [1.29, 1.82) is 0 Å². The molecule has 98 valence electrons. The first-order valence-electron chi connectivity index (χ1n) is 5.18. The van der Waals surface area contributed by atoms with Crippen molar-refractivity contribution in [2.75, 3.05) is 7.05 Å². The zero-order valence-corrected chi connectivity index (χ0v) is 9.71. The summed E-state index contributed by atoms with van der Waals surface area (Å²) in [5, 5.41) is 2.21. The molecule has 1 unspecified atom stereocenters. The van der Waals surface area contributed by atoms with Crippen LogP contribution in [0.1, 0.15) is 11.6 Å². The van der Waals surface area contributed by atoms with Crippen LogP contribution in [0.25, 0.3) is 11.1 Å². The second kappa shape index (κ2) is 4.16. The van der Waals surface area contributed by atoms with Gasteiger partial charge >= 0.3 is 11.9 Å². The Morgan fingerprint density at radius 1 is 1.39 bits per heavy atom. The molecule has 0 bridgehead atoms. The number of nitrogens with one attached hydrogen (secondary N) is 1. The summed E-state index contributed by atoms with van der Waals surface area (Å²) in [6.45, 7) is 0. The lowest BCUT2D eigenvalue weighted by Crippen LogP contribution is -2.31. The third-order valence-electron chi connectivity index (χ3n) is 2.76. The number of nitrogens with zero attached hydrogens (tertiary/aromatic N) is 1. The largest absolute Gasteiger partial charge is 0.419 e. The molecule has 2 aromatic rings. The first-order valence-corrected chi connectivity index (χ1v) is 5.18. The van der Waals surface area contributed by atoms with E-state index in [1.807, 2.05) is 0 Å². The second-order valence-electron chi connectivity index (χ2n) is 3.92. The molecule has 0 spiro atoms. The van der Waals surface area contributed by atoms with Gasteiger partial charge in [0.15, 0.2) is 5.58 Å². The fourth-order valence-corrected chi connectivity index (χ4v) is 1.84. The zero-order valence-electron chi connectivity index (χ0n) is 9.71. The number of hydrogen-bond donors (Lipinski definition) is 1. The molecule has 0 saturated carbocycles. The Morgan fingerprint density at radius 2 is 2.06 bits per heavy atom. The van der Waals surface area contributed by atoms with Crippen molar-refractivity contribution in [2.45, 2.75) is 12.2 Å². The van der Waals surface area contributed by atoms with E-state index in [2.05, 4.69) is 5.32 Å². The summed E-state index contributed by atoms with van der Waals surface area (Å²) in [4.78, 5) is 11.2. The van der Waals surface area contributed by atoms with Crippen LogP contribution in [0.15, 0.2) is 27.4 Å². The van der Waals surface area contributed by atoms with Gasteiger partial charge in [0.05, 0.1) is 5.52 Å². The minimum atomic E-state index is -4.40. The number of alkyl halides is 3. The predicted octanol–water partition coefficient (Wildman–Crippen LogP) is 1.95. The fourth-order valence-electron chi connectivity index (χ4n) is 1.84. The third kappa shape index (κ3) is 2.01. The van der Waals surface area contributed by atoms with Gasteiger partial charge < -0.3 is 9.73 Å². The van der Waals surface area contributed by atoms with E-state index in [4.69, 9.17) is 4.42 Å². The van der Waals surface area contributed by atoms with E-state index in [0.717, 1.165) is 0 Å². The van der Waals surface area contributed by atoms with Crippen LogP contribution in [-0.4, -0.2) is 17.8 Å². The molecule has 0 aliphatic rings. The van der Waals surface area contributed by atoms with E-state index in [9.17, 15) is 18.0 Å². The number of aromatic nitrogens is 1. The summed E-state index contributed by atoms with van der Waals surface area (Å²) in [5.41, 5.74) is 0.638. The molecule has 0 radical (unpaired) electrons. The first kappa shape index (κ1) is 12.7. The van der Waals surface area contributed by atoms with Gasteiger partial charge in [0, 0.05) is 7.05 Å². The number of hydrogen-bond acceptors (Lipinski definition) is 3. The maximum Gasteiger partial charge on any atom is 0.419 e. The minimum absolute atomic E-state index is 0.0360. The second-order valence-corrected chi connectivity index (χ2v) is 3.92. The zero-order chi connectivity index (χ0) is 13.5. The van der Waals surface area contributed by atoms with Crippen molar-refractivity contribution < 1.29 is 17.6 Å². The van der Waals surface area contributed by atoms with Gasteiger partial charge in [-0.1, -0.05) is 6.07 Å². The molecule has 4 nitrogen and oxygen atoms in total. The lowest BCUT2D eigenvalue weighted by atomic mass is 10.1. The van der Waals surface area contributed by atoms with Gasteiger partial charge in [-0.25, -0.2) is 4.79 Å². The van der Waals surface area contributed by atoms with Crippen molar-refractivity contribution in [3.63, 3.8) is 0 Å². The highest BCUT2D eigenvalue weighted by Gasteiger charge is 2.39. The summed E-state index contributed by atoms with van der Waals surface area (Å²) in [7, 11) is 2.68. The van der Waals surface area contributed by atoms with Gasteiger partial charge in [-0.15, -0.1) is 0 Å². The number of aryl methyl sites for hydroxylation is 1. The van der Waals surface area contributed by atoms with Crippen LogP contribution >= 0.6 is 0 Å². The Kier molecular flexibility index (Phi) is 2.94. The van der Waals surface area contributed by atoms with E-state index < -0.39 is 18.0 Å². The van der Waals surface area contributed by atoms with E-state index in [1.54, 1.807) is 0 Å². The molecule has 1 aromatic heterocycles. The summed E-state index contributed by atoms with van der Waals surface area (Å²) >= 11 is 0. The monoisotopic (exact) mass is 260 g/mol. The predicted molar refractivity (Wildman–Crippen MR) is 59.3 cm³/mol. The van der Waals surface area contributed by atoms with Crippen LogP contribution < -0.4 is 11.1 Å². The Labute approximate surface area is 100 Å². The average molecular weight is 260 g/mol. The van der Waals surface area contributed by atoms with Gasteiger partial charge in [0.25, 0.3) is 0 Å². The maximum absolute atomic E-state index is 12.8. The van der Waals surface area contributed by atoms with Gasteiger partial charge in [0.1, 0.15) is 6.04 Å². The SMILES string of the molecule is CNC(c1ccc2oc(=O)n(C)c2c1)C(F)(F)F. The highest BCUT2D eigenvalue weighted by atomic mass is 19.4. The molecule has 7 heteroatoms. The van der Waals surface area contributed by atoms with Crippen LogP contribution in [0.3, 0.4) is 0 Å². The highest BCUT2D eigenvalue weighted by molar-refractivity contribution is 5.73. The van der Waals surface area contributed by atoms with Gasteiger partial charge in [-0.3, -0.25) is 4.57 Å². The topological polar surface area (TPSA) is 47.2 Å². The molecule has 1 heterocycles. The summed E-state index contributed by atoms with van der Waals surface area (Å²) < 4.78 is 44.3. The molecular formula is C11H11F3N2O2. The molecule has 0 fully saturated rings. The average Bonchev–Trinajstić information content (AvgIpc) is 2.55. The maximum atomic E-state index is 12.8. The normalized spacial score (nSPS) is 14.1. The summed E-state index contributed by atoms with van der Waals surface area (Å²) in [6, 6.07) is 2.18. The first-order chi connectivity index (χ1) is 8.34. The molecular weight excluding hydrogens is 249 g/mol. The molecule has 0 saturated heterocycles. The molecule has 1 N–H and O–H groups in total. The van der Waals surface area contributed by atoms with Gasteiger partial charge in [0.2, 0.25) is 0 Å². The molecule has 1 atom stereocenters. The van der Waals surface area contributed by atoms with E-state index in [-0.39, 0.29) is 11.1 Å². The van der Waals surface area contributed by atoms with Gasteiger partial charge in [-0.05, 0) is 24.7 Å². The lowest BCUT2D eigenvalue weighted by molar-refractivity contribution is -0.156. The Bertz CT molecular complexity index is 627. The standard InChI is InChI=1S/C11H11F3N2O2/c1-15-9(11(12,13)14)6-3-4-8-7(5-6)16(2)10(17)18-8/h3-5,9,15H,1-2H3. The van der Waals surface area contributed by atoms with Crippen LogP contribution in [0, 0.1) is 0 Å². The highest BCUT2D eigenvalue weighted by Crippen LogP contribution is 2.33. The molecule has 2 rings (SSSR count). The lowest BCUT2D eigenvalue weighted by Gasteiger charge is -2.19. The molecule has 0 aliphatic heterocycles. The summed E-state index contributed by atoms with van der Waals surface area (Å²) in [5.74, 6) is -0.602. The van der Waals surface area contributed by atoms with Crippen molar-refractivity contribution in [3.05, 3.63) is 34.3 Å². The number of fused-ring (bicyclic) bond motifs is 1. The smallest absolute Gasteiger partial charge is 0.408 e. The molecule has 0 amide bonds. The number of halogens is 3. The number of benzene rings is 1. The van der Waals surface area contributed by atoms with Crippen LogP contribution in [0.2, 0.25) is 0 Å². The number of rotatable bonds is 2. The minimum Gasteiger partial charge on any atom is -0.408 e. The van der Waals surface area contributed by atoms with Crippen molar-refractivity contribution >= 4 is 11.1 Å². The molecule has 18 heavy (non-hydrogen) atoms. The Morgan fingerprint density at radius 3 is 2.61 bits per heavy atom. The molecule has 1 aromatic carbocycles. The van der Waals surface area contributed by atoms with Crippen LogP contribution in [0.4, 0.5) is 13.2 Å². The van der Waals surface area contributed by atoms with Crippen molar-refractivity contribution in [2.24, 2.45) is 7.05 Å². The van der Waals surface area contributed by atoms with Gasteiger partial charge in [-0.2, -0.15) is 13.2 Å². The Balaban J connectivity index is 2.59. The fraction of sp³-hybridized carbons (Fsp3) is 0.364. The van der Waals surface area contributed by atoms with E-state index in [0.29, 0.717) is 5.52 Å². The van der Waals surface area contributed by atoms with E-state index >= 15 is 0 Å². The number of oxazole rings is 1. The van der Waals surface area contributed by atoms with Crippen LogP contribution in [-0.2, 0) is 7.05 Å². The molecule has 0 aliphatic carbocycles. The van der Waals surface area contributed by atoms with E-state index in [1.165, 1.54) is 36.9 Å². The quantitative estimate of drug-likeness (QED) is 0.897. The van der Waals surface area contributed by atoms with Crippen molar-refractivity contribution in [3.8, 4) is 0 Å². The summed E-state index contributed by atoms with van der Waals surface area (Å²) in [6.07, 6.45) is -4.40.